The molecule has 174 valence electrons. The molecule has 3 rings (SSSR count). The van der Waals surface area contributed by atoms with E-state index in [0.29, 0.717) is 38.5 Å². The first-order valence-electron chi connectivity index (χ1n) is 10.7. The number of rotatable bonds is 8. The van der Waals surface area contributed by atoms with Crippen LogP contribution in [0, 0.1) is 6.92 Å². The molecule has 32 heavy (non-hydrogen) atoms. The predicted molar refractivity (Wildman–Crippen MR) is 124 cm³/mol. The van der Waals surface area contributed by atoms with Gasteiger partial charge >= 0.3 is 0 Å². The van der Waals surface area contributed by atoms with Crippen LogP contribution < -0.4 is 19.1 Å². The first-order valence-corrected chi connectivity index (χ1v) is 12.2. The molecule has 0 saturated carbocycles. The summed E-state index contributed by atoms with van der Waals surface area (Å²) in [6.07, 6.45) is 0. The Morgan fingerprint density at radius 1 is 1.09 bits per heavy atom. The molecule has 8 nitrogen and oxygen atoms in total. The third-order valence-electron chi connectivity index (χ3n) is 5.48. The van der Waals surface area contributed by atoms with E-state index in [2.05, 4.69) is 9.62 Å². The van der Waals surface area contributed by atoms with Gasteiger partial charge in [-0.15, -0.1) is 0 Å². The Labute approximate surface area is 190 Å². The smallest absolute Gasteiger partial charge is 0.241 e. The minimum absolute atomic E-state index is 0.110. The van der Waals surface area contributed by atoms with Crippen LogP contribution in [-0.2, 0) is 14.8 Å². The fraction of sp³-hybridized carbons (Fsp3) is 0.435. The molecule has 1 N–H and O–H groups in total. The average Bonchev–Trinajstić information content (AvgIpc) is 2.79. The number of piperazine rings is 1. The summed E-state index contributed by atoms with van der Waals surface area (Å²) in [4.78, 5) is 16.9. The van der Waals surface area contributed by atoms with Gasteiger partial charge in [-0.1, -0.05) is 12.1 Å². The van der Waals surface area contributed by atoms with E-state index >= 15 is 0 Å². The van der Waals surface area contributed by atoms with Crippen molar-refractivity contribution in [3.63, 3.8) is 0 Å². The monoisotopic (exact) mass is 461 g/mol. The van der Waals surface area contributed by atoms with Gasteiger partial charge in [0.05, 0.1) is 30.3 Å². The maximum Gasteiger partial charge on any atom is 0.241 e. The van der Waals surface area contributed by atoms with Crippen molar-refractivity contribution in [2.75, 3.05) is 44.8 Å². The number of aryl methyl sites for hydroxylation is 1. The molecule has 1 atom stereocenters. The summed E-state index contributed by atoms with van der Waals surface area (Å²) in [6, 6.07) is 11.6. The number of hydrogen-bond donors (Lipinski definition) is 1. The maximum atomic E-state index is 12.9. The van der Waals surface area contributed by atoms with Gasteiger partial charge in [-0.3, -0.25) is 4.79 Å². The van der Waals surface area contributed by atoms with Crippen LogP contribution in [0.1, 0.15) is 19.4 Å². The number of carbonyl (C=O) groups is 1. The van der Waals surface area contributed by atoms with E-state index in [1.165, 1.54) is 6.07 Å². The zero-order valence-corrected chi connectivity index (χ0v) is 19.8. The number of ether oxygens (including phenoxy) is 2. The van der Waals surface area contributed by atoms with Gasteiger partial charge < -0.3 is 19.3 Å². The highest BCUT2D eigenvalue weighted by Gasteiger charge is 2.29. The fourth-order valence-electron chi connectivity index (χ4n) is 3.79. The minimum atomic E-state index is -3.84. The third kappa shape index (κ3) is 5.34. The SMILES string of the molecule is CCOc1ccc(S(=O)(=O)N[C@H](C)C(=O)N2CCN(c3ccccc3OC)CC2)cc1C. The van der Waals surface area contributed by atoms with Gasteiger partial charge in [0.25, 0.3) is 0 Å². The second kappa shape index (κ2) is 10.2. The number of methoxy groups -OCH3 is 1. The molecule has 1 aliphatic rings. The first-order chi connectivity index (χ1) is 15.3. The van der Waals surface area contributed by atoms with E-state index in [1.54, 1.807) is 38.0 Å². The quantitative estimate of drug-likeness (QED) is 0.650. The molecule has 1 heterocycles. The van der Waals surface area contributed by atoms with Gasteiger partial charge in [0, 0.05) is 26.2 Å². The van der Waals surface area contributed by atoms with Gasteiger partial charge in [0.2, 0.25) is 15.9 Å². The molecule has 1 fully saturated rings. The van der Waals surface area contributed by atoms with Crippen molar-refractivity contribution in [1.29, 1.82) is 0 Å². The predicted octanol–water partition coefficient (Wildman–Crippen LogP) is 2.42. The lowest BCUT2D eigenvalue weighted by Crippen LogP contribution is -2.54. The summed E-state index contributed by atoms with van der Waals surface area (Å²) in [6.45, 7) is 8.04. The molecule has 0 bridgehead atoms. The number of amides is 1. The highest BCUT2D eigenvalue weighted by Crippen LogP contribution is 2.28. The normalized spacial score (nSPS) is 15.4. The highest BCUT2D eigenvalue weighted by molar-refractivity contribution is 7.89. The van der Waals surface area contributed by atoms with Crippen molar-refractivity contribution in [2.24, 2.45) is 0 Å². The molecule has 0 aliphatic carbocycles. The van der Waals surface area contributed by atoms with Crippen LogP contribution in [0.25, 0.3) is 0 Å². The summed E-state index contributed by atoms with van der Waals surface area (Å²) >= 11 is 0. The number of hydrogen-bond acceptors (Lipinski definition) is 6. The van der Waals surface area contributed by atoms with Gasteiger partial charge in [-0.05, 0) is 56.7 Å². The Hall–Kier alpha value is -2.78. The Balaban J connectivity index is 1.62. The molecule has 9 heteroatoms. The van der Waals surface area contributed by atoms with Crippen molar-refractivity contribution >= 4 is 21.6 Å². The molecule has 1 saturated heterocycles. The van der Waals surface area contributed by atoms with E-state index < -0.39 is 16.1 Å². The fourth-order valence-corrected chi connectivity index (χ4v) is 5.07. The molecule has 0 spiro atoms. The Morgan fingerprint density at radius 3 is 2.41 bits per heavy atom. The number of nitrogens with zero attached hydrogens (tertiary/aromatic N) is 2. The number of sulfonamides is 1. The summed E-state index contributed by atoms with van der Waals surface area (Å²) < 4.78 is 39.0. The maximum absolute atomic E-state index is 12.9. The zero-order chi connectivity index (χ0) is 23.3. The molecule has 0 radical (unpaired) electrons. The van der Waals surface area contributed by atoms with E-state index in [-0.39, 0.29) is 10.8 Å². The Bertz CT molecular complexity index is 1050. The van der Waals surface area contributed by atoms with Gasteiger partial charge in [-0.25, -0.2) is 8.42 Å². The van der Waals surface area contributed by atoms with E-state index in [0.717, 1.165) is 17.0 Å². The van der Waals surface area contributed by atoms with Gasteiger partial charge in [0.15, 0.2) is 0 Å². The number of anilines is 1. The Morgan fingerprint density at radius 2 is 1.78 bits per heavy atom. The summed E-state index contributed by atoms with van der Waals surface area (Å²) in [5.74, 6) is 1.19. The largest absolute Gasteiger partial charge is 0.495 e. The second-order valence-electron chi connectivity index (χ2n) is 7.69. The molecule has 1 aliphatic heterocycles. The van der Waals surface area contributed by atoms with E-state index in [9.17, 15) is 13.2 Å². The van der Waals surface area contributed by atoms with Crippen LogP contribution in [0.2, 0.25) is 0 Å². The van der Waals surface area contributed by atoms with Crippen LogP contribution >= 0.6 is 0 Å². The summed E-state index contributed by atoms with van der Waals surface area (Å²) in [5, 5.41) is 0. The van der Waals surface area contributed by atoms with Crippen LogP contribution in [0.3, 0.4) is 0 Å². The average molecular weight is 462 g/mol. The topological polar surface area (TPSA) is 88.2 Å². The number of benzene rings is 2. The van der Waals surface area contributed by atoms with Gasteiger partial charge in [0.1, 0.15) is 11.5 Å². The van der Waals surface area contributed by atoms with Gasteiger partial charge in [-0.2, -0.15) is 4.72 Å². The van der Waals surface area contributed by atoms with Crippen molar-refractivity contribution in [3.05, 3.63) is 48.0 Å². The molecule has 1 amide bonds. The van der Waals surface area contributed by atoms with Crippen LogP contribution in [0.4, 0.5) is 5.69 Å². The highest BCUT2D eigenvalue weighted by atomic mass is 32.2. The molecule has 2 aromatic rings. The van der Waals surface area contributed by atoms with Crippen molar-refractivity contribution < 1.29 is 22.7 Å². The number of para-hydroxylation sites is 2. The summed E-state index contributed by atoms with van der Waals surface area (Å²) in [5.41, 5.74) is 1.71. The van der Waals surface area contributed by atoms with Crippen LogP contribution in [-0.4, -0.2) is 65.2 Å². The van der Waals surface area contributed by atoms with Crippen LogP contribution in [0.15, 0.2) is 47.4 Å². The molecular weight excluding hydrogens is 430 g/mol. The zero-order valence-electron chi connectivity index (χ0n) is 19.0. The molecule has 0 unspecified atom stereocenters. The molecular formula is C23H31N3O5S. The number of carbonyl (C=O) groups excluding carboxylic acids is 1. The second-order valence-corrected chi connectivity index (χ2v) is 9.40. The van der Waals surface area contributed by atoms with Crippen molar-refractivity contribution in [2.45, 2.75) is 31.7 Å². The third-order valence-corrected chi connectivity index (χ3v) is 7.01. The molecule has 0 aromatic heterocycles. The van der Waals surface area contributed by atoms with E-state index in [4.69, 9.17) is 9.47 Å². The minimum Gasteiger partial charge on any atom is -0.495 e. The lowest BCUT2D eigenvalue weighted by Gasteiger charge is -2.37. The lowest BCUT2D eigenvalue weighted by atomic mass is 10.2. The number of nitrogens with one attached hydrogen (secondary N) is 1. The lowest BCUT2D eigenvalue weighted by molar-refractivity contribution is -0.132. The van der Waals surface area contributed by atoms with Crippen molar-refractivity contribution in [3.8, 4) is 11.5 Å². The standard InChI is InChI=1S/C23H31N3O5S/c1-5-31-21-11-10-19(16-17(21)2)32(28,29)24-18(3)23(27)26-14-12-25(13-15-26)20-8-6-7-9-22(20)30-4/h6-11,16,18,24H,5,12-15H2,1-4H3/t18-/m1/s1. The van der Waals surface area contributed by atoms with E-state index in [1.807, 2.05) is 31.2 Å². The first kappa shape index (κ1) is 23.9. The summed E-state index contributed by atoms with van der Waals surface area (Å²) in [7, 11) is -2.20. The Kier molecular flexibility index (Phi) is 7.63. The van der Waals surface area contributed by atoms with Crippen molar-refractivity contribution in [1.82, 2.24) is 9.62 Å². The molecule has 2 aromatic carbocycles. The van der Waals surface area contributed by atoms with Crippen LogP contribution in [0.5, 0.6) is 11.5 Å².